The summed E-state index contributed by atoms with van der Waals surface area (Å²) >= 11 is 0. The molecule has 0 spiro atoms. The summed E-state index contributed by atoms with van der Waals surface area (Å²) in [4.78, 5) is 14.1. The van der Waals surface area contributed by atoms with Crippen LogP contribution in [0, 0.1) is 16.7 Å². The van der Waals surface area contributed by atoms with Crippen LogP contribution in [0.15, 0.2) is 0 Å². The maximum atomic E-state index is 12.5. The molecule has 1 aliphatic heterocycles. The second-order valence-corrected chi connectivity index (χ2v) is 4.86. The molecule has 1 rings (SSSR count). The maximum Gasteiger partial charge on any atom is 0.243 e. The Morgan fingerprint density at radius 1 is 1.50 bits per heavy atom. The molecule has 1 N–H and O–H groups in total. The van der Waals surface area contributed by atoms with Gasteiger partial charge in [-0.3, -0.25) is 4.79 Å². The number of nitriles is 1. The molecule has 0 radical (unpaired) electrons. The van der Waals surface area contributed by atoms with Crippen molar-refractivity contribution >= 4 is 5.91 Å². The molecule has 1 amide bonds. The maximum absolute atomic E-state index is 12.5. The van der Waals surface area contributed by atoms with Crippen molar-refractivity contribution in [3.63, 3.8) is 0 Å². The lowest BCUT2D eigenvalue weighted by Gasteiger charge is -2.39. The van der Waals surface area contributed by atoms with Crippen molar-refractivity contribution in [3.05, 3.63) is 0 Å². The van der Waals surface area contributed by atoms with Crippen LogP contribution >= 0.6 is 0 Å². The van der Waals surface area contributed by atoms with Gasteiger partial charge in [-0.05, 0) is 19.8 Å². The second-order valence-electron chi connectivity index (χ2n) is 4.86. The minimum absolute atomic E-state index is 0.105. The number of carbonyl (C=O) groups is 1. The molecule has 0 aromatic heterocycles. The molecular weight excluding hydrogens is 232 g/mol. The Hall–Kier alpha value is -1.12. The molecule has 0 saturated carbocycles. The van der Waals surface area contributed by atoms with E-state index >= 15 is 0 Å². The second kappa shape index (κ2) is 6.17. The lowest BCUT2D eigenvalue weighted by atomic mass is 9.82. The van der Waals surface area contributed by atoms with Crippen molar-refractivity contribution in [1.29, 1.82) is 5.26 Å². The molecule has 1 aliphatic rings. The molecule has 0 aliphatic carbocycles. The first-order valence-electron chi connectivity index (χ1n) is 6.49. The number of carbonyl (C=O) groups excluding carboxylic acids is 1. The summed E-state index contributed by atoms with van der Waals surface area (Å²) in [6.45, 7) is 6.33. The molecule has 102 valence electrons. The molecule has 5 heteroatoms. The molecule has 2 unspecified atom stereocenters. The van der Waals surface area contributed by atoms with Crippen LogP contribution in [0.1, 0.15) is 33.6 Å². The zero-order valence-corrected chi connectivity index (χ0v) is 11.3. The van der Waals surface area contributed by atoms with Gasteiger partial charge in [0.2, 0.25) is 5.91 Å². The van der Waals surface area contributed by atoms with E-state index in [0.29, 0.717) is 25.9 Å². The Morgan fingerprint density at radius 2 is 2.11 bits per heavy atom. The minimum atomic E-state index is -0.933. The van der Waals surface area contributed by atoms with Crippen molar-refractivity contribution in [2.45, 2.75) is 45.8 Å². The van der Waals surface area contributed by atoms with E-state index in [1.54, 1.807) is 4.90 Å². The zero-order valence-electron chi connectivity index (χ0n) is 11.3. The van der Waals surface area contributed by atoms with Crippen LogP contribution in [0.4, 0.5) is 0 Å². The molecular formula is C13H22N2O3. The van der Waals surface area contributed by atoms with Crippen molar-refractivity contribution in [3.8, 4) is 6.07 Å². The van der Waals surface area contributed by atoms with Crippen LogP contribution in [0.3, 0.4) is 0 Å². The van der Waals surface area contributed by atoms with Crippen LogP contribution in [0.25, 0.3) is 0 Å². The number of rotatable bonds is 4. The average Bonchev–Trinajstić information content (AvgIpc) is 2.40. The van der Waals surface area contributed by atoms with Gasteiger partial charge in [0.15, 0.2) is 0 Å². The van der Waals surface area contributed by atoms with Crippen LogP contribution in [-0.4, -0.2) is 47.8 Å². The quantitative estimate of drug-likeness (QED) is 0.809. The van der Waals surface area contributed by atoms with E-state index in [1.807, 2.05) is 20.8 Å². The Labute approximate surface area is 108 Å². The van der Waals surface area contributed by atoms with E-state index in [9.17, 15) is 10.1 Å². The number of morpholine rings is 1. The van der Waals surface area contributed by atoms with Crippen LogP contribution in [0.2, 0.25) is 0 Å². The van der Waals surface area contributed by atoms with Gasteiger partial charge in [0.1, 0.15) is 5.41 Å². The van der Waals surface area contributed by atoms with E-state index in [-0.39, 0.29) is 24.7 Å². The molecule has 18 heavy (non-hydrogen) atoms. The standard InChI is InChI=1S/C13H22N2O3/c1-4-13(5-2,9-14)12(17)15-6-10(3)18-11(7-15)8-16/h10-11,16H,4-8H2,1-3H3. The Morgan fingerprint density at radius 3 is 2.56 bits per heavy atom. The number of aliphatic hydroxyl groups excluding tert-OH is 1. The van der Waals surface area contributed by atoms with Crippen molar-refractivity contribution < 1.29 is 14.6 Å². The fraction of sp³-hybridized carbons (Fsp3) is 0.846. The topological polar surface area (TPSA) is 73.6 Å². The number of aliphatic hydroxyl groups is 1. The summed E-state index contributed by atoms with van der Waals surface area (Å²) in [6, 6.07) is 2.17. The van der Waals surface area contributed by atoms with Gasteiger partial charge in [-0.1, -0.05) is 13.8 Å². The first-order valence-corrected chi connectivity index (χ1v) is 6.49. The highest BCUT2D eigenvalue weighted by molar-refractivity contribution is 5.85. The number of hydrogen-bond donors (Lipinski definition) is 1. The summed E-state index contributed by atoms with van der Waals surface area (Å²) in [5.74, 6) is -0.136. The van der Waals surface area contributed by atoms with Crippen molar-refractivity contribution in [1.82, 2.24) is 4.90 Å². The van der Waals surface area contributed by atoms with E-state index in [0.717, 1.165) is 0 Å². The highest BCUT2D eigenvalue weighted by Crippen LogP contribution is 2.29. The van der Waals surface area contributed by atoms with E-state index in [2.05, 4.69) is 6.07 Å². The summed E-state index contributed by atoms with van der Waals surface area (Å²) in [7, 11) is 0. The molecule has 5 nitrogen and oxygen atoms in total. The van der Waals surface area contributed by atoms with Crippen molar-refractivity contribution in [2.75, 3.05) is 19.7 Å². The third kappa shape index (κ3) is 2.82. The smallest absolute Gasteiger partial charge is 0.243 e. The Balaban J connectivity index is 2.85. The van der Waals surface area contributed by atoms with Gasteiger partial charge >= 0.3 is 0 Å². The normalized spacial score (nSPS) is 24.7. The molecule has 0 bridgehead atoms. The monoisotopic (exact) mass is 254 g/mol. The van der Waals surface area contributed by atoms with Gasteiger partial charge in [-0.15, -0.1) is 0 Å². The summed E-state index contributed by atoms with van der Waals surface area (Å²) in [5, 5.41) is 18.4. The fourth-order valence-electron chi connectivity index (χ4n) is 2.37. The highest BCUT2D eigenvalue weighted by Gasteiger charge is 2.41. The predicted octanol–water partition coefficient (Wildman–Crippen LogP) is 0.925. The van der Waals surface area contributed by atoms with Gasteiger partial charge in [-0.2, -0.15) is 5.26 Å². The van der Waals surface area contributed by atoms with E-state index in [1.165, 1.54) is 0 Å². The first-order chi connectivity index (χ1) is 8.52. The van der Waals surface area contributed by atoms with Gasteiger partial charge in [0.05, 0.1) is 24.9 Å². The fourth-order valence-corrected chi connectivity index (χ4v) is 2.37. The summed E-state index contributed by atoms with van der Waals surface area (Å²) < 4.78 is 5.50. The SMILES string of the molecule is CCC(C#N)(CC)C(=O)N1CC(C)OC(CO)C1. The number of hydrogen-bond acceptors (Lipinski definition) is 4. The number of amides is 1. The predicted molar refractivity (Wildman–Crippen MR) is 66.6 cm³/mol. The average molecular weight is 254 g/mol. The molecule has 0 aromatic rings. The Kier molecular flexibility index (Phi) is 5.12. The minimum Gasteiger partial charge on any atom is -0.394 e. The molecule has 1 saturated heterocycles. The zero-order chi connectivity index (χ0) is 13.8. The van der Waals surface area contributed by atoms with Crippen molar-refractivity contribution in [2.24, 2.45) is 5.41 Å². The van der Waals surface area contributed by atoms with E-state index < -0.39 is 5.41 Å². The summed E-state index contributed by atoms with van der Waals surface area (Å²) in [5.41, 5.74) is -0.933. The lowest BCUT2D eigenvalue weighted by Crippen LogP contribution is -2.54. The van der Waals surface area contributed by atoms with Gasteiger partial charge in [-0.25, -0.2) is 0 Å². The molecule has 1 fully saturated rings. The number of ether oxygens (including phenoxy) is 1. The molecule has 0 aromatic carbocycles. The van der Waals surface area contributed by atoms with Crippen LogP contribution in [0.5, 0.6) is 0 Å². The third-order valence-corrected chi connectivity index (χ3v) is 3.65. The van der Waals surface area contributed by atoms with Gasteiger partial charge in [0.25, 0.3) is 0 Å². The lowest BCUT2D eigenvalue weighted by molar-refractivity contribution is -0.154. The largest absolute Gasteiger partial charge is 0.394 e. The highest BCUT2D eigenvalue weighted by atomic mass is 16.5. The first kappa shape index (κ1) is 14.9. The number of nitrogens with zero attached hydrogens (tertiary/aromatic N) is 2. The van der Waals surface area contributed by atoms with Crippen LogP contribution < -0.4 is 0 Å². The van der Waals surface area contributed by atoms with Gasteiger partial charge in [0, 0.05) is 13.1 Å². The van der Waals surface area contributed by atoms with E-state index in [4.69, 9.17) is 9.84 Å². The summed E-state index contributed by atoms with van der Waals surface area (Å²) in [6.07, 6.45) is 0.565. The van der Waals surface area contributed by atoms with Crippen LogP contribution in [-0.2, 0) is 9.53 Å². The molecule has 1 heterocycles. The third-order valence-electron chi connectivity index (χ3n) is 3.65. The van der Waals surface area contributed by atoms with Gasteiger partial charge < -0.3 is 14.7 Å². The Bertz CT molecular complexity index is 334. The molecule has 2 atom stereocenters.